The molecule has 2 N–H and O–H groups in total. The van der Waals surface area contributed by atoms with Crippen LogP contribution in [-0.2, 0) is 6.54 Å². The van der Waals surface area contributed by atoms with Gasteiger partial charge in [0.2, 0.25) is 0 Å². The van der Waals surface area contributed by atoms with Crippen molar-refractivity contribution in [1.82, 2.24) is 5.32 Å². The maximum absolute atomic E-state index is 12.0. The first-order valence-electron chi connectivity index (χ1n) is 6.31. The van der Waals surface area contributed by atoms with Crippen LogP contribution in [0.4, 0.5) is 0 Å². The lowest BCUT2D eigenvalue weighted by Crippen LogP contribution is -2.22. The number of nitrogens with one attached hydrogen (secondary N) is 1. The van der Waals surface area contributed by atoms with Crippen LogP contribution in [0.15, 0.2) is 54.6 Å². The molecule has 2 aromatic carbocycles. The number of aliphatic hydroxyl groups excluding tert-OH is 1. The highest BCUT2D eigenvalue weighted by atomic mass is 16.2. The average Bonchev–Trinajstić information content (AvgIpc) is 2.52. The molecule has 0 saturated carbocycles. The second-order valence-electron chi connectivity index (χ2n) is 4.21. The van der Waals surface area contributed by atoms with Gasteiger partial charge in [-0.1, -0.05) is 42.2 Å². The first-order valence-corrected chi connectivity index (χ1v) is 6.31. The first-order chi connectivity index (χ1) is 9.79. The summed E-state index contributed by atoms with van der Waals surface area (Å²) in [5.74, 6) is 5.24. The van der Waals surface area contributed by atoms with Gasteiger partial charge in [-0.25, -0.2) is 0 Å². The quantitative estimate of drug-likeness (QED) is 0.833. The van der Waals surface area contributed by atoms with Crippen LogP contribution in [-0.4, -0.2) is 17.6 Å². The van der Waals surface area contributed by atoms with Crippen LogP contribution in [0.1, 0.15) is 21.5 Å². The Morgan fingerprint density at radius 3 is 2.40 bits per heavy atom. The lowest BCUT2D eigenvalue weighted by Gasteiger charge is -2.05. The standard InChI is InChI=1S/C17H15NO2/c19-12-4-7-14-8-10-16(11-9-14)17(20)18-13-15-5-2-1-3-6-15/h1-3,5-6,8-11,19H,12-13H2,(H,18,20). The van der Waals surface area contributed by atoms with Gasteiger partial charge >= 0.3 is 0 Å². The summed E-state index contributed by atoms with van der Waals surface area (Å²) < 4.78 is 0. The molecule has 3 heteroatoms. The van der Waals surface area contributed by atoms with Crippen molar-refractivity contribution in [2.45, 2.75) is 6.54 Å². The van der Waals surface area contributed by atoms with E-state index in [0.29, 0.717) is 12.1 Å². The van der Waals surface area contributed by atoms with Gasteiger partial charge in [-0.3, -0.25) is 4.79 Å². The molecule has 0 bridgehead atoms. The van der Waals surface area contributed by atoms with E-state index >= 15 is 0 Å². The fourth-order valence-corrected chi connectivity index (χ4v) is 1.73. The van der Waals surface area contributed by atoms with E-state index in [2.05, 4.69) is 17.2 Å². The Bertz CT molecular complexity index is 622. The van der Waals surface area contributed by atoms with E-state index in [4.69, 9.17) is 5.11 Å². The Morgan fingerprint density at radius 1 is 1.05 bits per heavy atom. The van der Waals surface area contributed by atoms with Crippen molar-refractivity contribution in [1.29, 1.82) is 0 Å². The lowest BCUT2D eigenvalue weighted by molar-refractivity contribution is 0.0951. The van der Waals surface area contributed by atoms with Gasteiger partial charge < -0.3 is 10.4 Å². The van der Waals surface area contributed by atoms with E-state index in [9.17, 15) is 4.79 Å². The molecule has 0 heterocycles. The number of aliphatic hydroxyl groups is 1. The molecule has 0 aliphatic carbocycles. The molecule has 0 aromatic heterocycles. The number of carbonyl (C=O) groups excluding carboxylic acids is 1. The molecule has 0 fully saturated rings. The minimum Gasteiger partial charge on any atom is -0.384 e. The summed E-state index contributed by atoms with van der Waals surface area (Å²) in [7, 11) is 0. The fourth-order valence-electron chi connectivity index (χ4n) is 1.73. The van der Waals surface area contributed by atoms with E-state index in [0.717, 1.165) is 11.1 Å². The second kappa shape index (κ2) is 7.13. The van der Waals surface area contributed by atoms with Crippen LogP contribution >= 0.6 is 0 Å². The Kier molecular flexibility index (Phi) is 4.94. The highest BCUT2D eigenvalue weighted by Gasteiger charge is 2.04. The lowest BCUT2D eigenvalue weighted by atomic mass is 10.1. The monoisotopic (exact) mass is 265 g/mol. The highest BCUT2D eigenvalue weighted by Crippen LogP contribution is 2.04. The zero-order valence-electron chi connectivity index (χ0n) is 11.0. The topological polar surface area (TPSA) is 49.3 Å². The SMILES string of the molecule is O=C(NCc1ccccc1)c1ccc(C#CCO)cc1. The number of rotatable bonds is 3. The summed E-state index contributed by atoms with van der Waals surface area (Å²) in [6.07, 6.45) is 0. The zero-order valence-corrected chi connectivity index (χ0v) is 11.0. The van der Waals surface area contributed by atoms with Crippen molar-refractivity contribution in [2.75, 3.05) is 6.61 Å². The molecule has 20 heavy (non-hydrogen) atoms. The highest BCUT2D eigenvalue weighted by molar-refractivity contribution is 5.94. The van der Waals surface area contributed by atoms with Crippen LogP contribution in [0.3, 0.4) is 0 Å². The van der Waals surface area contributed by atoms with Gasteiger partial charge in [0.25, 0.3) is 5.91 Å². The Balaban J connectivity index is 1.96. The maximum atomic E-state index is 12.0. The van der Waals surface area contributed by atoms with Crippen molar-refractivity contribution in [3.05, 3.63) is 71.3 Å². The number of benzene rings is 2. The molecule has 0 saturated heterocycles. The van der Waals surface area contributed by atoms with Crippen molar-refractivity contribution in [2.24, 2.45) is 0 Å². The summed E-state index contributed by atoms with van der Waals surface area (Å²) in [4.78, 5) is 12.0. The van der Waals surface area contributed by atoms with Crippen LogP contribution in [0, 0.1) is 11.8 Å². The molecule has 3 nitrogen and oxygen atoms in total. The predicted octanol–water partition coefficient (Wildman–Crippen LogP) is 1.96. The van der Waals surface area contributed by atoms with Gasteiger partial charge in [0.1, 0.15) is 6.61 Å². The number of hydrogen-bond donors (Lipinski definition) is 2. The minimum atomic E-state index is -0.167. The van der Waals surface area contributed by atoms with Crippen LogP contribution in [0.5, 0.6) is 0 Å². The van der Waals surface area contributed by atoms with Gasteiger partial charge in [-0.15, -0.1) is 0 Å². The molecule has 0 aliphatic rings. The fraction of sp³-hybridized carbons (Fsp3) is 0.118. The molecular weight excluding hydrogens is 250 g/mol. The summed E-state index contributed by atoms with van der Waals surface area (Å²) in [5.41, 5.74) is 2.43. The van der Waals surface area contributed by atoms with E-state index in [1.807, 2.05) is 30.3 Å². The molecular formula is C17H15NO2. The van der Waals surface area contributed by atoms with Gasteiger partial charge in [0.05, 0.1) is 0 Å². The smallest absolute Gasteiger partial charge is 0.251 e. The molecule has 0 spiro atoms. The average molecular weight is 265 g/mol. The number of carbonyl (C=O) groups is 1. The molecule has 0 aliphatic heterocycles. The van der Waals surface area contributed by atoms with E-state index in [-0.39, 0.29) is 12.5 Å². The Labute approximate surface area is 118 Å². The molecule has 1 amide bonds. The van der Waals surface area contributed by atoms with Crippen LogP contribution in [0.2, 0.25) is 0 Å². The first kappa shape index (κ1) is 13.9. The van der Waals surface area contributed by atoms with Crippen molar-refractivity contribution in [3.8, 4) is 11.8 Å². The van der Waals surface area contributed by atoms with Crippen molar-refractivity contribution in [3.63, 3.8) is 0 Å². The molecule has 2 aromatic rings. The number of amides is 1. The molecule has 0 atom stereocenters. The molecule has 0 unspecified atom stereocenters. The van der Waals surface area contributed by atoms with Crippen LogP contribution in [0.25, 0.3) is 0 Å². The second-order valence-corrected chi connectivity index (χ2v) is 4.21. The third-order valence-electron chi connectivity index (χ3n) is 2.75. The summed E-state index contributed by atoms with van der Waals surface area (Å²) in [6, 6.07) is 16.7. The normalized spacial score (nSPS) is 9.45. The van der Waals surface area contributed by atoms with Crippen LogP contribution < -0.4 is 5.32 Å². The third kappa shape index (κ3) is 3.98. The van der Waals surface area contributed by atoms with E-state index in [1.165, 1.54) is 0 Å². The van der Waals surface area contributed by atoms with Crippen molar-refractivity contribution >= 4 is 5.91 Å². The zero-order chi connectivity index (χ0) is 14.2. The summed E-state index contributed by atoms with van der Waals surface area (Å²) in [6.45, 7) is 0.338. The Morgan fingerprint density at radius 2 is 1.75 bits per heavy atom. The Hall–Kier alpha value is -2.57. The van der Waals surface area contributed by atoms with Gasteiger partial charge in [-0.2, -0.15) is 0 Å². The molecule has 0 radical (unpaired) electrons. The van der Waals surface area contributed by atoms with Gasteiger partial charge in [-0.05, 0) is 29.8 Å². The van der Waals surface area contributed by atoms with E-state index < -0.39 is 0 Å². The van der Waals surface area contributed by atoms with Gasteiger partial charge in [0.15, 0.2) is 0 Å². The summed E-state index contributed by atoms with van der Waals surface area (Å²) in [5, 5.41) is 11.5. The van der Waals surface area contributed by atoms with E-state index in [1.54, 1.807) is 24.3 Å². The van der Waals surface area contributed by atoms with Gasteiger partial charge in [0, 0.05) is 17.7 Å². The number of hydrogen-bond acceptors (Lipinski definition) is 2. The maximum Gasteiger partial charge on any atom is 0.251 e. The summed E-state index contributed by atoms with van der Waals surface area (Å²) >= 11 is 0. The minimum absolute atomic E-state index is 0.115. The predicted molar refractivity (Wildman–Crippen MR) is 78.0 cm³/mol. The largest absolute Gasteiger partial charge is 0.384 e. The molecule has 2 rings (SSSR count). The third-order valence-corrected chi connectivity index (χ3v) is 2.75. The van der Waals surface area contributed by atoms with Crippen molar-refractivity contribution < 1.29 is 9.90 Å². The molecule has 100 valence electrons.